The summed E-state index contributed by atoms with van der Waals surface area (Å²) in [7, 11) is 2.60. The van der Waals surface area contributed by atoms with E-state index in [9.17, 15) is 9.59 Å². The number of carbonyl (C=O) groups is 2. The Labute approximate surface area is 110 Å². The summed E-state index contributed by atoms with van der Waals surface area (Å²) in [6.45, 7) is -0.551. The summed E-state index contributed by atoms with van der Waals surface area (Å²) in [6, 6.07) is 3.33. The molecule has 0 aliphatic rings. The van der Waals surface area contributed by atoms with Crippen LogP contribution in [0.3, 0.4) is 0 Å². The molecule has 19 heavy (non-hydrogen) atoms. The maximum Gasteiger partial charge on any atom is 0.330 e. The molecule has 0 saturated heterocycles. The molecule has 4 N–H and O–H groups in total. The fourth-order valence-electron chi connectivity index (χ4n) is 1.42. The first-order chi connectivity index (χ1) is 9.03. The molecule has 0 aromatic heterocycles. The first-order valence-corrected chi connectivity index (χ1v) is 5.46. The molecule has 1 rings (SSSR count). The van der Waals surface area contributed by atoms with Gasteiger partial charge in [-0.3, -0.25) is 4.79 Å². The van der Waals surface area contributed by atoms with Gasteiger partial charge in [-0.15, -0.1) is 0 Å². The Morgan fingerprint density at radius 2 is 2.11 bits per heavy atom. The summed E-state index contributed by atoms with van der Waals surface area (Å²) in [4.78, 5) is 23.1. The van der Waals surface area contributed by atoms with Crippen LogP contribution in [0.2, 0.25) is 0 Å². The smallest absolute Gasteiger partial charge is 0.330 e. The number of carbonyl (C=O) groups excluding carboxylic acids is 2. The van der Waals surface area contributed by atoms with Gasteiger partial charge in [-0.1, -0.05) is 0 Å². The van der Waals surface area contributed by atoms with Crippen LogP contribution in [0.15, 0.2) is 18.2 Å². The minimum Gasteiger partial charge on any atom is -0.495 e. The predicted octanol–water partition coefficient (Wildman–Crippen LogP) is -0.459. The van der Waals surface area contributed by atoms with Gasteiger partial charge in [0.05, 0.1) is 26.5 Å². The van der Waals surface area contributed by atoms with E-state index >= 15 is 0 Å². The van der Waals surface area contributed by atoms with Gasteiger partial charge in [0.2, 0.25) is 0 Å². The first-order valence-electron chi connectivity index (χ1n) is 5.46. The Kier molecular flexibility index (Phi) is 5.13. The van der Waals surface area contributed by atoms with E-state index < -0.39 is 24.5 Å². The zero-order valence-corrected chi connectivity index (χ0v) is 10.7. The molecule has 0 bridgehead atoms. The van der Waals surface area contributed by atoms with Gasteiger partial charge in [0.15, 0.2) is 6.04 Å². The van der Waals surface area contributed by atoms with Gasteiger partial charge in [-0.2, -0.15) is 0 Å². The normalized spacial score (nSPS) is 11.5. The van der Waals surface area contributed by atoms with Crippen molar-refractivity contribution in [2.75, 3.05) is 26.6 Å². The lowest BCUT2D eigenvalue weighted by Gasteiger charge is -2.14. The zero-order valence-electron chi connectivity index (χ0n) is 10.7. The van der Waals surface area contributed by atoms with Gasteiger partial charge in [-0.05, 0) is 18.2 Å². The average molecular weight is 268 g/mol. The van der Waals surface area contributed by atoms with Crippen molar-refractivity contribution < 1.29 is 24.2 Å². The van der Waals surface area contributed by atoms with Crippen LogP contribution in [0.25, 0.3) is 0 Å². The van der Waals surface area contributed by atoms with Gasteiger partial charge < -0.3 is 25.6 Å². The van der Waals surface area contributed by atoms with E-state index in [-0.39, 0.29) is 5.56 Å². The predicted molar refractivity (Wildman–Crippen MR) is 67.8 cm³/mol. The Bertz CT molecular complexity index is 475. The number of amides is 1. The van der Waals surface area contributed by atoms with E-state index in [0.29, 0.717) is 11.4 Å². The van der Waals surface area contributed by atoms with Crippen molar-refractivity contribution in [3.05, 3.63) is 23.8 Å². The molecular formula is C12H16N2O5. The quantitative estimate of drug-likeness (QED) is 0.492. The van der Waals surface area contributed by atoms with E-state index in [2.05, 4.69) is 10.1 Å². The third kappa shape index (κ3) is 3.59. The van der Waals surface area contributed by atoms with Crippen molar-refractivity contribution in [1.82, 2.24) is 5.32 Å². The maximum atomic E-state index is 11.9. The molecule has 0 fully saturated rings. The van der Waals surface area contributed by atoms with Gasteiger partial charge in [0, 0.05) is 5.56 Å². The summed E-state index contributed by atoms with van der Waals surface area (Å²) < 4.78 is 9.44. The molecule has 7 nitrogen and oxygen atoms in total. The number of anilines is 1. The molecule has 104 valence electrons. The second-order valence-electron chi connectivity index (χ2n) is 3.69. The fourth-order valence-corrected chi connectivity index (χ4v) is 1.42. The number of rotatable bonds is 5. The van der Waals surface area contributed by atoms with Crippen molar-refractivity contribution in [2.45, 2.75) is 6.04 Å². The number of hydrogen-bond donors (Lipinski definition) is 3. The number of nitrogens with two attached hydrogens (primary N) is 1. The van der Waals surface area contributed by atoms with Crippen LogP contribution in [0.4, 0.5) is 5.69 Å². The minimum absolute atomic E-state index is 0.258. The number of hydrogen-bond acceptors (Lipinski definition) is 6. The number of benzene rings is 1. The van der Waals surface area contributed by atoms with Crippen molar-refractivity contribution in [3.63, 3.8) is 0 Å². The van der Waals surface area contributed by atoms with Crippen LogP contribution >= 0.6 is 0 Å². The minimum atomic E-state index is -1.11. The van der Waals surface area contributed by atoms with Crippen LogP contribution in [0, 0.1) is 0 Å². The first kappa shape index (κ1) is 14.8. The van der Waals surface area contributed by atoms with E-state index in [0.717, 1.165) is 0 Å². The van der Waals surface area contributed by atoms with Crippen molar-refractivity contribution in [3.8, 4) is 5.75 Å². The average Bonchev–Trinajstić information content (AvgIpc) is 2.44. The zero-order chi connectivity index (χ0) is 14.4. The Balaban J connectivity index is 2.85. The summed E-state index contributed by atoms with van der Waals surface area (Å²) in [5, 5.41) is 11.4. The number of nitrogens with one attached hydrogen (secondary N) is 1. The SMILES string of the molecule is COC(=O)[C@@H](CO)NC(=O)c1ccc(N)c(OC)c1. The summed E-state index contributed by atoms with van der Waals surface area (Å²) >= 11 is 0. The van der Waals surface area contributed by atoms with E-state index in [1.54, 1.807) is 0 Å². The van der Waals surface area contributed by atoms with Crippen LogP contribution in [-0.4, -0.2) is 43.9 Å². The highest BCUT2D eigenvalue weighted by Crippen LogP contribution is 2.22. The van der Waals surface area contributed by atoms with E-state index in [1.807, 2.05) is 0 Å². The summed E-state index contributed by atoms with van der Waals surface area (Å²) in [5.41, 5.74) is 6.28. The van der Waals surface area contributed by atoms with Gasteiger partial charge >= 0.3 is 5.97 Å². The van der Waals surface area contributed by atoms with Gasteiger partial charge in [0.1, 0.15) is 5.75 Å². The molecular weight excluding hydrogens is 252 g/mol. The molecule has 0 aliphatic carbocycles. The van der Waals surface area contributed by atoms with Crippen molar-refractivity contribution in [1.29, 1.82) is 0 Å². The number of ether oxygens (including phenoxy) is 2. The Morgan fingerprint density at radius 3 is 2.63 bits per heavy atom. The third-order valence-electron chi connectivity index (χ3n) is 2.47. The Hall–Kier alpha value is -2.28. The van der Waals surface area contributed by atoms with Crippen LogP contribution in [-0.2, 0) is 9.53 Å². The van der Waals surface area contributed by atoms with Crippen LogP contribution < -0.4 is 15.8 Å². The molecule has 0 heterocycles. The molecule has 0 unspecified atom stereocenters. The number of aliphatic hydroxyl groups excluding tert-OH is 1. The molecule has 1 aromatic rings. The molecule has 0 radical (unpaired) electrons. The molecule has 1 amide bonds. The molecule has 0 aliphatic heterocycles. The lowest BCUT2D eigenvalue weighted by atomic mass is 10.1. The third-order valence-corrected chi connectivity index (χ3v) is 2.47. The van der Waals surface area contributed by atoms with Crippen molar-refractivity contribution in [2.24, 2.45) is 0 Å². The Morgan fingerprint density at radius 1 is 1.42 bits per heavy atom. The highest BCUT2D eigenvalue weighted by molar-refractivity contribution is 5.97. The number of methoxy groups -OCH3 is 2. The molecule has 7 heteroatoms. The standard InChI is InChI=1S/C12H16N2O5/c1-18-10-5-7(3-4-8(10)13)11(16)14-9(6-15)12(17)19-2/h3-5,9,15H,6,13H2,1-2H3,(H,14,16)/t9-/m1/s1. The van der Waals surface area contributed by atoms with Crippen LogP contribution in [0.5, 0.6) is 5.75 Å². The van der Waals surface area contributed by atoms with E-state index in [1.165, 1.54) is 32.4 Å². The topological polar surface area (TPSA) is 111 Å². The van der Waals surface area contributed by atoms with Gasteiger partial charge in [0.25, 0.3) is 5.91 Å². The fraction of sp³-hybridized carbons (Fsp3) is 0.333. The number of aliphatic hydroxyl groups is 1. The monoisotopic (exact) mass is 268 g/mol. The lowest BCUT2D eigenvalue weighted by molar-refractivity contribution is -0.143. The second kappa shape index (κ2) is 6.60. The van der Waals surface area contributed by atoms with Crippen molar-refractivity contribution >= 4 is 17.6 Å². The molecule has 0 saturated carbocycles. The summed E-state index contributed by atoms with van der Waals surface area (Å²) in [5.74, 6) is -0.910. The lowest BCUT2D eigenvalue weighted by Crippen LogP contribution is -2.44. The van der Waals surface area contributed by atoms with Crippen LogP contribution in [0.1, 0.15) is 10.4 Å². The molecule has 0 spiro atoms. The highest BCUT2D eigenvalue weighted by Gasteiger charge is 2.21. The molecule has 1 aromatic carbocycles. The number of esters is 1. The van der Waals surface area contributed by atoms with E-state index in [4.69, 9.17) is 15.6 Å². The molecule has 1 atom stereocenters. The maximum absolute atomic E-state index is 11.9. The second-order valence-corrected chi connectivity index (χ2v) is 3.69. The summed E-state index contributed by atoms with van der Waals surface area (Å²) in [6.07, 6.45) is 0. The number of nitrogen functional groups attached to an aromatic ring is 1. The highest BCUT2D eigenvalue weighted by atomic mass is 16.5. The van der Waals surface area contributed by atoms with Gasteiger partial charge in [-0.25, -0.2) is 4.79 Å². The largest absolute Gasteiger partial charge is 0.495 e.